The number of halogens is 1. The first-order valence-corrected chi connectivity index (χ1v) is 45.5. The number of fused-ring (bicyclic) bond motifs is 3. The number of aromatic amines is 3. The summed E-state index contributed by atoms with van der Waals surface area (Å²) in [6, 6.07) is -1.10. The summed E-state index contributed by atoms with van der Waals surface area (Å²) in [5, 5.41) is 49.2. The van der Waals surface area contributed by atoms with E-state index in [2.05, 4.69) is 78.4 Å². The van der Waals surface area contributed by atoms with Crippen LogP contribution in [-0.4, -0.2) is 307 Å². The Morgan fingerprint density at radius 2 is 1.10 bits per heavy atom. The highest BCUT2D eigenvalue weighted by Gasteiger charge is 2.44. The second kappa shape index (κ2) is 50.7. The Hall–Kier alpha value is -13.6. The van der Waals surface area contributed by atoms with E-state index in [0.29, 0.717) is 69.9 Å². The van der Waals surface area contributed by atoms with Crippen LogP contribution in [0.3, 0.4) is 0 Å². The van der Waals surface area contributed by atoms with Crippen molar-refractivity contribution in [2.45, 2.75) is 216 Å². The zero-order valence-corrected chi connectivity index (χ0v) is 77.0. The average molecular weight is 1870 g/mol. The van der Waals surface area contributed by atoms with Gasteiger partial charge in [-0.15, -0.1) is 11.8 Å². The number of nitrogens with two attached hydrogens (primary N) is 3. The molecule has 5 heterocycles. The van der Waals surface area contributed by atoms with Crippen LogP contribution in [0.1, 0.15) is 134 Å². The van der Waals surface area contributed by atoms with Crippen molar-refractivity contribution in [2.24, 2.45) is 23.1 Å². The molecule has 13 atom stereocenters. The van der Waals surface area contributed by atoms with Gasteiger partial charge in [0, 0.05) is 119 Å². The number of benzene rings is 3. The van der Waals surface area contributed by atoms with Crippen LogP contribution in [0.5, 0.6) is 0 Å². The van der Waals surface area contributed by atoms with Crippen LogP contribution in [0, 0.1) is 17.1 Å². The first kappa shape index (κ1) is 105. The number of thioether (sulfide) groups is 1. The summed E-state index contributed by atoms with van der Waals surface area (Å²) in [5.41, 5.74) is 19.7. The number of hydrogen-bond donors (Lipinski definition) is 19. The van der Waals surface area contributed by atoms with Gasteiger partial charge in [-0.25, -0.2) is 9.37 Å². The Balaban J connectivity index is 1.18. The molecular weight excluding hydrogens is 1740 g/mol. The number of para-hydroxylation sites is 2. The number of H-pyrrole nitrogens is 3. The van der Waals surface area contributed by atoms with Gasteiger partial charge in [-0.1, -0.05) is 102 Å². The maximum Gasteiger partial charge on any atom is 0.246 e. The number of carbonyl (C=O) groups is 17. The number of aliphatic hydroxyl groups is 1. The Bertz CT molecular complexity index is 5110. The third kappa shape index (κ3) is 30.5. The number of amides is 17. The highest BCUT2D eigenvalue weighted by Crippen LogP contribution is 2.26. The number of nitrogens with one attached hydrogen (secondary N) is 15. The van der Waals surface area contributed by atoms with Crippen molar-refractivity contribution in [1.82, 2.24) is 103 Å². The van der Waals surface area contributed by atoms with Crippen molar-refractivity contribution in [3.8, 4) is 0 Å². The molecule has 0 radical (unpaired) electrons. The van der Waals surface area contributed by atoms with Crippen LogP contribution in [-0.2, 0) is 107 Å². The lowest BCUT2D eigenvalue weighted by Gasteiger charge is -2.36. The molecule has 2 saturated heterocycles. The van der Waals surface area contributed by atoms with Crippen LogP contribution in [0.2, 0.25) is 0 Å². The quantitative estimate of drug-likeness (QED) is 0.0159. The van der Waals surface area contributed by atoms with Crippen molar-refractivity contribution in [3.05, 3.63) is 126 Å². The lowest BCUT2D eigenvalue weighted by atomic mass is 10.00. The third-order valence-electron chi connectivity index (χ3n) is 23.2. The molecule has 3 aromatic carbocycles. The molecule has 44 heteroatoms. The molecule has 133 heavy (non-hydrogen) atoms. The molecule has 42 nitrogen and oxygen atoms in total. The van der Waals surface area contributed by atoms with E-state index < -0.39 is 228 Å². The van der Waals surface area contributed by atoms with E-state index in [-0.39, 0.29) is 89.6 Å². The number of aliphatic hydroxyl groups excluding tert-OH is 1. The number of likely N-dealkylation sites (N-methyl/N-ethyl adjacent to an activating group) is 4. The van der Waals surface area contributed by atoms with E-state index in [0.717, 1.165) is 48.4 Å². The maximum absolute atomic E-state index is 15.7. The molecule has 3 aromatic heterocycles. The molecule has 2 fully saturated rings. The fourth-order valence-corrected chi connectivity index (χ4v) is 16.7. The van der Waals surface area contributed by atoms with E-state index in [1.54, 1.807) is 74.8 Å². The zero-order chi connectivity index (χ0) is 97.4. The van der Waals surface area contributed by atoms with Crippen LogP contribution in [0.15, 0.2) is 97.7 Å². The van der Waals surface area contributed by atoms with Crippen molar-refractivity contribution in [2.75, 3.05) is 72.5 Å². The van der Waals surface area contributed by atoms with Gasteiger partial charge in [-0.2, -0.15) is 0 Å². The second-order valence-electron chi connectivity index (χ2n) is 33.8. The Morgan fingerprint density at radius 1 is 0.556 bits per heavy atom. The van der Waals surface area contributed by atoms with Crippen molar-refractivity contribution in [3.63, 3.8) is 0 Å². The minimum atomic E-state index is -1.86. The molecule has 722 valence electrons. The number of hydrogen-bond acceptors (Lipinski definition) is 21. The number of guanidine groups is 1. The fourth-order valence-electron chi connectivity index (χ4n) is 15.8. The molecule has 2 aliphatic heterocycles. The smallest absolute Gasteiger partial charge is 0.246 e. The average Bonchev–Trinajstić information content (AvgIpc) is 1.81. The van der Waals surface area contributed by atoms with Crippen LogP contribution in [0.25, 0.3) is 21.8 Å². The Kier molecular flexibility index (Phi) is 40.0. The van der Waals surface area contributed by atoms with E-state index >= 15 is 24.0 Å². The molecule has 22 N–H and O–H groups in total. The SMILES string of the molecule is CCCC[C@H]1C(=O)N(C)[C@@H](CCCC)C(=O)N[C@@H](CCCNC(=N)N)C(=O)N[C@@H](C(=O)NCC(N)=O)CSCC(=O)N[C@@H](Cc2ccc(F)cc2)C(=O)N(C)[C@@H](C)C(=O)N[C@@H](CC(N)=O)C(=O)N2CCC[C@H]2C(=O)N[C@@H](Cc2cnc[nH]2)C(=O)N[C@@H](CC(C)C)C(=O)N(C)CC(=O)N[C@@H](Cc2c[nH]c3ccccc23)C(=O)N[C@@H](CO)C(=O)N[C@@H](Cc2c[nH]c3ccccc23)C(=O)N1C. The topological polar surface area (TPSA) is 621 Å². The van der Waals surface area contributed by atoms with Gasteiger partial charge in [0.15, 0.2) is 5.96 Å². The molecule has 0 aliphatic carbocycles. The summed E-state index contributed by atoms with van der Waals surface area (Å²) in [6.07, 6.45) is 5.57. The van der Waals surface area contributed by atoms with Crippen molar-refractivity contribution in [1.29, 1.82) is 5.41 Å². The number of aromatic nitrogens is 4. The summed E-state index contributed by atoms with van der Waals surface area (Å²) in [7, 11) is 5.16. The Morgan fingerprint density at radius 3 is 1.69 bits per heavy atom. The molecule has 8 rings (SSSR count). The standard InChI is InChI=1S/C89H125FN24O18S/c1-10-12-25-69-82(126)103-60(24-18-32-96-89(93)94)78(122)109-68(77(121)99-43-73(92)117)46-133-47-75(119)102-64(35-51-28-30-54(90)31-29-51)85(129)111(7)50(5)76(120)105-66(39-72(91)116)87(131)114-33-19-27-70(114)83(127)104-62(38-55-42-95-48-100-55)80(124)106-63(34-49(3)4)84(128)110(6)44-74(118)101-61(36-52-40-97-58-22-16-14-20-56(52)58)79(123)108-67(45-115)81(125)107-65(37-53-41-98-59-23-17-15-21-57(53)59)86(130)113(9)71(26-13-11-2)88(132)112(69)8/h14-17,20-23,28-31,40-42,48-50,60-71,97-98,115H,10-13,18-19,24-27,32-39,43-47H2,1-9H3,(H2,91,116)(H2,92,117)(H,95,100)(H,99,121)(H,101,118)(H,102,119)(H,103,126)(H,104,127)(H,105,120)(H,106,124)(H,107,125)(H,108,123)(H,109,122)(H4,93,94,96)/t50-,60-,61-,62-,63-,64-,65-,66-,67-,68+,69-,70-,71-/m0/s1. The fraction of sp³-hybridized carbons (Fsp3) is 0.517. The molecule has 0 saturated carbocycles. The monoisotopic (exact) mass is 1870 g/mol. The predicted octanol–water partition coefficient (Wildman–Crippen LogP) is -2.00. The molecular formula is C89H125FN24O18S. The normalized spacial score (nSPS) is 23.4. The number of nitrogens with zero attached hydrogens (tertiary/aromatic N) is 6. The number of imidazole rings is 1. The van der Waals surface area contributed by atoms with E-state index in [1.165, 1.54) is 59.8 Å². The van der Waals surface area contributed by atoms with Gasteiger partial charge in [0.2, 0.25) is 100 Å². The first-order valence-electron chi connectivity index (χ1n) is 44.3. The van der Waals surface area contributed by atoms with Gasteiger partial charge in [-0.3, -0.25) is 86.9 Å². The van der Waals surface area contributed by atoms with Crippen LogP contribution >= 0.6 is 11.8 Å². The van der Waals surface area contributed by atoms with Crippen molar-refractivity contribution < 1.29 is 91.0 Å². The maximum atomic E-state index is 15.7. The van der Waals surface area contributed by atoms with Gasteiger partial charge < -0.3 is 120 Å². The van der Waals surface area contributed by atoms with Crippen molar-refractivity contribution >= 4 is 140 Å². The summed E-state index contributed by atoms with van der Waals surface area (Å²) in [6.45, 7) is 5.76. The van der Waals surface area contributed by atoms with Crippen LogP contribution < -0.4 is 75.7 Å². The Labute approximate surface area is 773 Å². The minimum Gasteiger partial charge on any atom is -0.394 e. The largest absolute Gasteiger partial charge is 0.394 e. The van der Waals surface area contributed by atoms with E-state index in [9.17, 15) is 67.0 Å². The number of unbranched alkanes of at least 4 members (excludes halogenated alkanes) is 2. The van der Waals surface area contributed by atoms with Gasteiger partial charge in [0.25, 0.3) is 0 Å². The first-order chi connectivity index (χ1) is 63.3. The molecule has 17 amide bonds. The molecule has 6 aromatic rings. The summed E-state index contributed by atoms with van der Waals surface area (Å²) >= 11 is 0.747. The van der Waals surface area contributed by atoms with Gasteiger partial charge in [0.1, 0.15) is 84.4 Å². The number of carbonyl (C=O) groups excluding carboxylic acids is 17. The number of rotatable bonds is 26. The van der Waals surface area contributed by atoms with Gasteiger partial charge >= 0.3 is 0 Å². The van der Waals surface area contributed by atoms with E-state index in [4.69, 9.17) is 22.6 Å². The van der Waals surface area contributed by atoms with E-state index in [1.807, 2.05) is 13.8 Å². The molecule has 0 bridgehead atoms. The van der Waals surface area contributed by atoms with Crippen LogP contribution in [0.4, 0.5) is 4.39 Å². The molecule has 0 spiro atoms. The lowest BCUT2D eigenvalue weighted by molar-refractivity contribution is -0.149. The second-order valence-corrected chi connectivity index (χ2v) is 34.8. The summed E-state index contributed by atoms with van der Waals surface area (Å²) in [4.78, 5) is 267. The number of primary amides is 2. The predicted molar refractivity (Wildman–Crippen MR) is 490 cm³/mol. The van der Waals surface area contributed by atoms with Gasteiger partial charge in [-0.05, 0) is 98.7 Å². The summed E-state index contributed by atoms with van der Waals surface area (Å²) in [5.74, 6) is -18.4. The highest BCUT2D eigenvalue weighted by atomic mass is 32.2. The summed E-state index contributed by atoms with van der Waals surface area (Å²) < 4.78 is 14.4. The highest BCUT2D eigenvalue weighted by molar-refractivity contribution is 8.00. The lowest BCUT2D eigenvalue weighted by Crippen LogP contribution is -2.61. The van der Waals surface area contributed by atoms with Gasteiger partial charge in [0.05, 0.1) is 38.2 Å². The molecule has 2 aliphatic rings. The minimum absolute atomic E-state index is 0.00481. The third-order valence-corrected chi connectivity index (χ3v) is 24.2. The molecule has 0 unspecified atom stereocenters. The zero-order valence-electron chi connectivity index (χ0n) is 76.2.